The fourth-order valence-electron chi connectivity index (χ4n) is 3.94. The summed E-state index contributed by atoms with van der Waals surface area (Å²) in [4.78, 5) is 20.3. The van der Waals surface area contributed by atoms with Crippen molar-refractivity contribution in [1.29, 1.82) is 5.26 Å². The number of piperazine rings is 1. The minimum Gasteiger partial charge on any atom is -0.497 e. The van der Waals surface area contributed by atoms with Gasteiger partial charge in [0, 0.05) is 42.7 Å². The van der Waals surface area contributed by atoms with Crippen LogP contribution in [0.25, 0.3) is 0 Å². The van der Waals surface area contributed by atoms with Crippen LogP contribution in [0.15, 0.2) is 76.1 Å². The van der Waals surface area contributed by atoms with Crippen LogP contribution in [0.4, 0.5) is 5.95 Å². The Morgan fingerprint density at radius 3 is 2.65 bits per heavy atom. The Morgan fingerprint density at radius 2 is 1.92 bits per heavy atom. The molecule has 0 amide bonds. The lowest BCUT2D eigenvalue weighted by atomic mass is 10.2. The summed E-state index contributed by atoms with van der Waals surface area (Å²) in [6.07, 6.45) is 3.68. The second-order valence-corrected chi connectivity index (χ2v) is 10.5. The number of hydrogen-bond acceptors (Lipinski definition) is 10. The number of nitrogens with zero attached hydrogens (tertiary/aromatic N) is 6. The standard InChI is InChI=1S/C27H26N6O2S2/c1-34-22-4-2-3-21(15-22)19-35-26-24(37-23-7-5-20(16-28)6-8-23)17-30-27(31-26)33-12-10-32(11-13-33)18-25-29-9-14-36-25/h2-9,14-15,17H,10-13,18-19H2,1H3. The third-order valence-corrected chi connectivity index (χ3v) is 7.70. The molecule has 37 heavy (non-hydrogen) atoms. The molecule has 0 saturated carbocycles. The molecule has 0 unspecified atom stereocenters. The maximum Gasteiger partial charge on any atom is 0.232 e. The largest absolute Gasteiger partial charge is 0.497 e. The van der Waals surface area contributed by atoms with Crippen molar-refractivity contribution >= 4 is 29.0 Å². The molecule has 2 aromatic heterocycles. The molecule has 0 N–H and O–H groups in total. The van der Waals surface area contributed by atoms with Gasteiger partial charge in [0.15, 0.2) is 0 Å². The van der Waals surface area contributed by atoms with Crippen molar-refractivity contribution in [3.05, 3.63) is 82.4 Å². The molecule has 1 saturated heterocycles. The molecule has 0 aliphatic carbocycles. The lowest BCUT2D eigenvalue weighted by molar-refractivity contribution is 0.247. The average molecular weight is 531 g/mol. The smallest absolute Gasteiger partial charge is 0.232 e. The zero-order valence-electron chi connectivity index (χ0n) is 20.4. The topological polar surface area (TPSA) is 87.4 Å². The van der Waals surface area contributed by atoms with E-state index in [9.17, 15) is 0 Å². The zero-order chi connectivity index (χ0) is 25.5. The summed E-state index contributed by atoms with van der Waals surface area (Å²) in [5, 5.41) is 12.3. The summed E-state index contributed by atoms with van der Waals surface area (Å²) in [7, 11) is 1.65. The van der Waals surface area contributed by atoms with E-state index in [1.165, 1.54) is 11.8 Å². The molecule has 4 aromatic rings. The number of hydrogen-bond donors (Lipinski definition) is 0. The Balaban J connectivity index is 1.32. The molecule has 5 rings (SSSR count). The highest BCUT2D eigenvalue weighted by Gasteiger charge is 2.21. The highest BCUT2D eigenvalue weighted by Crippen LogP contribution is 2.35. The van der Waals surface area contributed by atoms with Crippen LogP contribution in [0.2, 0.25) is 0 Å². The quantitative estimate of drug-likeness (QED) is 0.301. The fraction of sp³-hybridized carbons (Fsp3) is 0.259. The summed E-state index contributed by atoms with van der Waals surface area (Å²) >= 11 is 3.21. The summed E-state index contributed by atoms with van der Waals surface area (Å²) < 4.78 is 11.6. The van der Waals surface area contributed by atoms with E-state index >= 15 is 0 Å². The lowest BCUT2D eigenvalue weighted by Crippen LogP contribution is -2.46. The van der Waals surface area contributed by atoms with Gasteiger partial charge < -0.3 is 14.4 Å². The predicted octanol–water partition coefficient (Wildman–Crippen LogP) is 4.87. The Labute approximate surface area is 224 Å². The van der Waals surface area contributed by atoms with Gasteiger partial charge in [-0.25, -0.2) is 9.97 Å². The fourth-order valence-corrected chi connectivity index (χ4v) is 5.42. The Kier molecular flexibility index (Phi) is 8.15. The Morgan fingerprint density at radius 1 is 1.08 bits per heavy atom. The van der Waals surface area contributed by atoms with Gasteiger partial charge in [-0.3, -0.25) is 4.90 Å². The van der Waals surface area contributed by atoms with Crippen LogP contribution in [0.3, 0.4) is 0 Å². The van der Waals surface area contributed by atoms with Crippen LogP contribution in [0.5, 0.6) is 11.6 Å². The van der Waals surface area contributed by atoms with Crippen LogP contribution in [-0.4, -0.2) is 53.1 Å². The number of thiazole rings is 1. The highest BCUT2D eigenvalue weighted by molar-refractivity contribution is 7.99. The van der Waals surface area contributed by atoms with Crippen LogP contribution in [0, 0.1) is 11.3 Å². The monoisotopic (exact) mass is 530 g/mol. The summed E-state index contributed by atoms with van der Waals surface area (Å²) in [5.74, 6) is 1.98. The SMILES string of the molecule is COc1cccc(COc2nc(N3CCN(Cc4nccs4)CC3)ncc2Sc2ccc(C#N)cc2)c1. The van der Waals surface area contributed by atoms with Crippen molar-refractivity contribution in [3.8, 4) is 17.7 Å². The molecule has 0 atom stereocenters. The van der Waals surface area contributed by atoms with Crippen LogP contribution >= 0.6 is 23.1 Å². The first-order chi connectivity index (χ1) is 18.2. The summed E-state index contributed by atoms with van der Waals surface area (Å²) in [5.41, 5.74) is 1.61. The molecule has 3 heterocycles. The first kappa shape index (κ1) is 25.0. The van der Waals surface area contributed by atoms with E-state index in [1.807, 2.05) is 54.2 Å². The molecule has 0 radical (unpaired) electrons. The van der Waals surface area contributed by atoms with Crippen molar-refractivity contribution in [1.82, 2.24) is 19.9 Å². The van der Waals surface area contributed by atoms with Gasteiger partial charge in [0.1, 0.15) is 17.4 Å². The first-order valence-corrected chi connectivity index (χ1v) is 13.6. The zero-order valence-corrected chi connectivity index (χ0v) is 22.0. The highest BCUT2D eigenvalue weighted by atomic mass is 32.2. The van der Waals surface area contributed by atoms with E-state index in [-0.39, 0.29) is 0 Å². The van der Waals surface area contributed by atoms with Gasteiger partial charge in [0.25, 0.3) is 0 Å². The Hall–Kier alpha value is -3.65. The van der Waals surface area contributed by atoms with Gasteiger partial charge in [-0.2, -0.15) is 10.2 Å². The van der Waals surface area contributed by atoms with Crippen LogP contribution in [-0.2, 0) is 13.2 Å². The van der Waals surface area contributed by atoms with E-state index < -0.39 is 0 Å². The molecule has 0 spiro atoms. The maximum atomic E-state index is 9.10. The minimum absolute atomic E-state index is 0.357. The second-order valence-electron chi connectivity index (χ2n) is 8.41. The summed E-state index contributed by atoms with van der Waals surface area (Å²) in [6, 6.07) is 17.4. The number of anilines is 1. The molecular weight excluding hydrogens is 504 g/mol. The van der Waals surface area contributed by atoms with Gasteiger partial charge in [-0.05, 0) is 42.0 Å². The van der Waals surface area contributed by atoms with Gasteiger partial charge in [0.05, 0.1) is 36.4 Å². The second kappa shape index (κ2) is 12.1. The lowest BCUT2D eigenvalue weighted by Gasteiger charge is -2.34. The van der Waals surface area contributed by atoms with Crippen LogP contribution in [0.1, 0.15) is 16.1 Å². The first-order valence-electron chi connectivity index (χ1n) is 11.9. The third-order valence-electron chi connectivity index (χ3n) is 5.93. The van der Waals surface area contributed by atoms with Crippen molar-refractivity contribution in [2.45, 2.75) is 22.9 Å². The normalized spacial score (nSPS) is 13.8. The van der Waals surface area contributed by atoms with E-state index in [0.29, 0.717) is 24.0 Å². The van der Waals surface area contributed by atoms with Crippen molar-refractivity contribution in [2.75, 3.05) is 38.2 Å². The molecule has 188 valence electrons. The molecule has 8 nitrogen and oxygen atoms in total. The maximum absolute atomic E-state index is 9.10. The van der Waals surface area contributed by atoms with Gasteiger partial charge in [0.2, 0.25) is 11.8 Å². The van der Waals surface area contributed by atoms with E-state index in [4.69, 9.17) is 19.7 Å². The number of methoxy groups -OCH3 is 1. The number of benzene rings is 2. The van der Waals surface area contributed by atoms with E-state index in [0.717, 1.165) is 58.8 Å². The molecular formula is C27H26N6O2S2. The van der Waals surface area contributed by atoms with Crippen molar-refractivity contribution < 1.29 is 9.47 Å². The van der Waals surface area contributed by atoms with Gasteiger partial charge >= 0.3 is 0 Å². The van der Waals surface area contributed by atoms with Crippen LogP contribution < -0.4 is 14.4 Å². The van der Waals surface area contributed by atoms with Crippen molar-refractivity contribution in [2.24, 2.45) is 0 Å². The van der Waals surface area contributed by atoms with E-state index in [2.05, 4.69) is 25.8 Å². The number of ether oxygens (including phenoxy) is 2. The molecule has 0 bridgehead atoms. The Bertz CT molecular complexity index is 1350. The molecule has 10 heteroatoms. The average Bonchev–Trinajstić information content (AvgIpc) is 3.46. The van der Waals surface area contributed by atoms with Gasteiger partial charge in [-0.1, -0.05) is 23.9 Å². The van der Waals surface area contributed by atoms with Gasteiger partial charge in [-0.15, -0.1) is 11.3 Å². The van der Waals surface area contributed by atoms with Crippen molar-refractivity contribution in [3.63, 3.8) is 0 Å². The predicted molar refractivity (Wildman–Crippen MR) is 144 cm³/mol. The number of rotatable bonds is 9. The number of nitriles is 1. The molecule has 1 fully saturated rings. The molecule has 1 aliphatic rings. The molecule has 2 aromatic carbocycles. The summed E-state index contributed by atoms with van der Waals surface area (Å²) in [6.45, 7) is 4.75. The third kappa shape index (κ3) is 6.57. The molecule has 1 aliphatic heterocycles. The number of aromatic nitrogens is 3. The van der Waals surface area contributed by atoms with E-state index in [1.54, 1.807) is 30.6 Å². The minimum atomic E-state index is 0.357.